The van der Waals surface area contributed by atoms with Crippen molar-refractivity contribution >= 4 is 11.0 Å². The van der Waals surface area contributed by atoms with Crippen LogP contribution in [0.5, 0.6) is 17.2 Å². The molecule has 0 radical (unpaired) electrons. The fourth-order valence-corrected chi connectivity index (χ4v) is 3.29. The Morgan fingerprint density at radius 1 is 0.929 bits per heavy atom. The monoisotopic (exact) mass is 384 g/mol. The highest BCUT2D eigenvalue weighted by atomic mass is 16.5. The van der Waals surface area contributed by atoms with Gasteiger partial charge in [0.1, 0.15) is 17.9 Å². The number of likely N-dealkylation sites (N-methyl/N-ethyl adjacent to an activating group) is 1. The van der Waals surface area contributed by atoms with Crippen LogP contribution in [0.3, 0.4) is 0 Å². The van der Waals surface area contributed by atoms with Crippen LogP contribution < -0.4 is 24.7 Å². The minimum atomic E-state index is -0.344. The Bertz CT molecular complexity index is 1010. The molecule has 1 aromatic heterocycles. The van der Waals surface area contributed by atoms with Gasteiger partial charge in [-0.15, -0.1) is 0 Å². The van der Waals surface area contributed by atoms with E-state index in [1.54, 1.807) is 33.5 Å². The number of hydrogen-bond acceptors (Lipinski definition) is 5. The van der Waals surface area contributed by atoms with Crippen LogP contribution in [-0.2, 0) is 13.0 Å². The summed E-state index contributed by atoms with van der Waals surface area (Å²) < 4.78 is 21.2. The van der Waals surface area contributed by atoms with Gasteiger partial charge in [0, 0.05) is 29.5 Å². The number of nitrogens with one attached hydrogen (secondary N) is 1. The molecule has 148 valence electrons. The summed E-state index contributed by atoms with van der Waals surface area (Å²) >= 11 is 0. The van der Waals surface area contributed by atoms with E-state index in [4.69, 9.17) is 18.6 Å². The summed E-state index contributed by atoms with van der Waals surface area (Å²) in [7, 11) is 6.98. The van der Waals surface area contributed by atoms with E-state index in [9.17, 15) is 4.79 Å². The molecule has 0 fully saturated rings. The predicted octanol–water partition coefficient (Wildman–Crippen LogP) is 2.08. The van der Waals surface area contributed by atoms with Crippen LogP contribution in [0.2, 0.25) is 0 Å². The Labute approximate surface area is 164 Å². The molecule has 2 aromatic carbocycles. The average molecular weight is 384 g/mol. The number of benzene rings is 2. The molecule has 6 nitrogen and oxygen atoms in total. The summed E-state index contributed by atoms with van der Waals surface area (Å²) in [6.07, 6.45) is 0.888. The van der Waals surface area contributed by atoms with E-state index in [2.05, 4.69) is 7.05 Å². The molecule has 0 spiro atoms. The van der Waals surface area contributed by atoms with Gasteiger partial charge in [-0.25, -0.2) is 4.79 Å². The highest BCUT2D eigenvalue weighted by molar-refractivity contribution is 5.81. The van der Waals surface area contributed by atoms with Crippen LogP contribution >= 0.6 is 0 Å². The second-order valence-corrected chi connectivity index (χ2v) is 6.78. The molecule has 0 aliphatic carbocycles. The topological polar surface area (TPSA) is 62.3 Å². The maximum Gasteiger partial charge on any atom is 0.336 e. The molecule has 3 aromatic rings. The SMILES string of the molecule is COc1ccc2c(C[NH+](C)CCc3ccc(OC)c(OC)c3)cc(=O)oc2c1. The normalized spacial score (nSPS) is 12.0. The second-order valence-electron chi connectivity index (χ2n) is 6.78. The van der Waals surface area contributed by atoms with Crippen molar-refractivity contribution in [1.29, 1.82) is 0 Å². The van der Waals surface area contributed by atoms with Gasteiger partial charge in [-0.2, -0.15) is 0 Å². The zero-order chi connectivity index (χ0) is 20.1. The first-order chi connectivity index (χ1) is 13.5. The first-order valence-electron chi connectivity index (χ1n) is 9.17. The Hall–Kier alpha value is -2.99. The maximum atomic E-state index is 12.0. The highest BCUT2D eigenvalue weighted by Gasteiger charge is 2.12. The number of ether oxygens (including phenoxy) is 3. The van der Waals surface area contributed by atoms with E-state index < -0.39 is 0 Å². The Morgan fingerprint density at radius 2 is 1.71 bits per heavy atom. The molecule has 0 saturated carbocycles. The van der Waals surface area contributed by atoms with Crippen molar-refractivity contribution in [2.24, 2.45) is 0 Å². The summed E-state index contributed by atoms with van der Waals surface area (Å²) in [4.78, 5) is 13.2. The fraction of sp³-hybridized carbons (Fsp3) is 0.318. The minimum absolute atomic E-state index is 0.344. The number of rotatable bonds is 8. The number of methoxy groups -OCH3 is 3. The smallest absolute Gasteiger partial charge is 0.336 e. The third-order valence-corrected chi connectivity index (χ3v) is 4.82. The van der Waals surface area contributed by atoms with Gasteiger partial charge in [-0.05, 0) is 29.8 Å². The van der Waals surface area contributed by atoms with Gasteiger partial charge in [-0.3, -0.25) is 0 Å². The molecule has 0 bridgehead atoms. The Morgan fingerprint density at radius 3 is 2.43 bits per heavy atom. The van der Waals surface area contributed by atoms with Crippen molar-refractivity contribution < 1.29 is 23.5 Å². The first kappa shape index (κ1) is 19.8. The van der Waals surface area contributed by atoms with Gasteiger partial charge in [0.2, 0.25) is 0 Å². The largest absolute Gasteiger partial charge is 0.497 e. The van der Waals surface area contributed by atoms with Crippen molar-refractivity contribution in [2.45, 2.75) is 13.0 Å². The van der Waals surface area contributed by atoms with Gasteiger partial charge in [-0.1, -0.05) is 6.07 Å². The fourth-order valence-electron chi connectivity index (χ4n) is 3.29. The van der Waals surface area contributed by atoms with Gasteiger partial charge in [0.25, 0.3) is 0 Å². The van der Waals surface area contributed by atoms with Gasteiger partial charge in [0.05, 0.1) is 34.9 Å². The lowest BCUT2D eigenvalue weighted by Crippen LogP contribution is -3.07. The molecular formula is C22H26NO5+. The Balaban J connectivity index is 1.73. The van der Waals surface area contributed by atoms with E-state index in [1.807, 2.05) is 30.3 Å². The molecule has 0 amide bonds. The van der Waals surface area contributed by atoms with E-state index in [0.29, 0.717) is 11.3 Å². The van der Waals surface area contributed by atoms with Crippen LogP contribution in [-0.4, -0.2) is 34.9 Å². The van der Waals surface area contributed by atoms with Gasteiger partial charge in [0.15, 0.2) is 11.5 Å². The van der Waals surface area contributed by atoms with Crippen molar-refractivity contribution in [1.82, 2.24) is 0 Å². The zero-order valence-electron chi connectivity index (χ0n) is 16.7. The molecular weight excluding hydrogens is 358 g/mol. The van der Waals surface area contributed by atoms with Crippen molar-refractivity contribution in [3.63, 3.8) is 0 Å². The van der Waals surface area contributed by atoms with E-state index in [0.717, 1.165) is 42.0 Å². The molecule has 1 N–H and O–H groups in total. The lowest BCUT2D eigenvalue weighted by Gasteiger charge is -2.16. The van der Waals surface area contributed by atoms with Crippen LogP contribution in [0.25, 0.3) is 11.0 Å². The van der Waals surface area contributed by atoms with Gasteiger partial charge < -0.3 is 23.5 Å². The summed E-state index contributed by atoms with van der Waals surface area (Å²) in [5, 5.41) is 0.936. The average Bonchev–Trinajstić information content (AvgIpc) is 2.71. The lowest BCUT2D eigenvalue weighted by molar-refractivity contribution is -0.893. The summed E-state index contributed by atoms with van der Waals surface area (Å²) in [5.41, 5.74) is 2.36. The molecule has 0 aliphatic rings. The molecule has 6 heteroatoms. The van der Waals surface area contributed by atoms with E-state index >= 15 is 0 Å². The van der Waals surface area contributed by atoms with Crippen molar-refractivity contribution in [3.8, 4) is 17.2 Å². The van der Waals surface area contributed by atoms with Crippen LogP contribution in [0.4, 0.5) is 0 Å². The Kier molecular flexibility index (Phi) is 6.21. The molecule has 0 saturated heterocycles. The van der Waals surface area contributed by atoms with Crippen LogP contribution in [0.15, 0.2) is 51.7 Å². The quantitative estimate of drug-likeness (QED) is 0.603. The molecule has 1 heterocycles. The predicted molar refractivity (Wildman–Crippen MR) is 108 cm³/mol. The zero-order valence-corrected chi connectivity index (χ0v) is 16.7. The number of quaternary nitrogens is 1. The first-order valence-corrected chi connectivity index (χ1v) is 9.17. The number of fused-ring (bicyclic) bond motifs is 1. The molecule has 0 aliphatic heterocycles. The molecule has 1 unspecified atom stereocenters. The molecule has 3 rings (SSSR count). The summed E-state index contributed by atoms with van der Waals surface area (Å²) in [6.45, 7) is 1.63. The minimum Gasteiger partial charge on any atom is -0.497 e. The highest BCUT2D eigenvalue weighted by Crippen LogP contribution is 2.27. The molecule has 28 heavy (non-hydrogen) atoms. The van der Waals surface area contributed by atoms with E-state index in [-0.39, 0.29) is 5.63 Å². The third kappa shape index (κ3) is 4.46. The van der Waals surface area contributed by atoms with Crippen LogP contribution in [0, 0.1) is 0 Å². The number of hydrogen-bond donors (Lipinski definition) is 1. The maximum absolute atomic E-state index is 12.0. The second kappa shape index (κ2) is 8.80. The van der Waals surface area contributed by atoms with E-state index in [1.165, 1.54) is 10.5 Å². The third-order valence-electron chi connectivity index (χ3n) is 4.82. The summed E-state index contributed by atoms with van der Waals surface area (Å²) in [5.74, 6) is 2.13. The van der Waals surface area contributed by atoms with Crippen molar-refractivity contribution in [2.75, 3.05) is 34.9 Å². The summed E-state index contributed by atoms with van der Waals surface area (Å²) in [6, 6.07) is 13.1. The molecule has 1 atom stereocenters. The van der Waals surface area contributed by atoms with Crippen LogP contribution in [0.1, 0.15) is 11.1 Å². The standard InChI is InChI=1S/C22H25NO5/c1-23(10-9-15-5-8-19(26-3)21(11-15)27-4)14-16-12-22(24)28-20-13-17(25-2)6-7-18(16)20/h5-8,11-13H,9-10,14H2,1-4H3/p+1. The van der Waals surface area contributed by atoms with Crippen molar-refractivity contribution in [3.05, 3.63) is 64.0 Å². The van der Waals surface area contributed by atoms with Gasteiger partial charge >= 0.3 is 5.63 Å². The lowest BCUT2D eigenvalue weighted by atomic mass is 10.1.